The van der Waals surface area contributed by atoms with Crippen molar-refractivity contribution in [2.24, 2.45) is 0 Å². The van der Waals surface area contributed by atoms with Gasteiger partial charge in [-0.15, -0.1) is 0 Å². The van der Waals surface area contributed by atoms with Crippen LogP contribution in [0.3, 0.4) is 0 Å². The van der Waals surface area contributed by atoms with Crippen LogP contribution >= 0.6 is 0 Å². The molecule has 1 N–H and O–H groups in total. The van der Waals surface area contributed by atoms with Crippen LogP contribution in [0, 0.1) is 0 Å². The molecule has 2 aromatic carbocycles. The average Bonchev–Trinajstić information content (AvgIpc) is 2.63. The fraction of sp³-hybridized carbons (Fsp3) is 0.381. The first-order valence-corrected chi connectivity index (χ1v) is 8.92. The van der Waals surface area contributed by atoms with E-state index in [1.165, 1.54) is 5.56 Å². The number of rotatable bonds is 6. The molecule has 26 heavy (non-hydrogen) atoms. The third-order valence-corrected chi connectivity index (χ3v) is 4.89. The van der Waals surface area contributed by atoms with Gasteiger partial charge in [-0.1, -0.05) is 42.5 Å². The molecule has 2 aromatic rings. The first-order chi connectivity index (χ1) is 12.5. The van der Waals surface area contributed by atoms with Crippen LogP contribution in [0.15, 0.2) is 54.6 Å². The minimum atomic E-state index is -0.894. The molecule has 0 saturated carbocycles. The predicted molar refractivity (Wildman–Crippen MR) is 101 cm³/mol. The average molecular weight is 354 g/mol. The highest BCUT2D eigenvalue weighted by molar-refractivity contribution is 5.87. The molecule has 1 fully saturated rings. The Morgan fingerprint density at radius 1 is 1.19 bits per heavy atom. The Morgan fingerprint density at radius 2 is 1.88 bits per heavy atom. The number of morpholine rings is 1. The van der Waals surface area contributed by atoms with Crippen molar-refractivity contribution in [2.45, 2.75) is 18.7 Å². The molecule has 5 heteroatoms. The van der Waals surface area contributed by atoms with Gasteiger partial charge in [-0.25, -0.2) is 4.79 Å². The van der Waals surface area contributed by atoms with Crippen LogP contribution in [0.5, 0.6) is 0 Å². The minimum Gasteiger partial charge on any atom is -0.478 e. The number of hydrogen-bond donors (Lipinski definition) is 1. The molecule has 138 valence electrons. The van der Waals surface area contributed by atoms with Crippen LogP contribution in [0.1, 0.15) is 27.5 Å². The molecule has 0 spiro atoms. The molecule has 0 bridgehead atoms. The molecule has 1 aliphatic heterocycles. The smallest absolute Gasteiger partial charge is 0.335 e. The summed E-state index contributed by atoms with van der Waals surface area (Å²) in [5.41, 5.74) is 2.69. The lowest BCUT2D eigenvalue weighted by atomic mass is 9.98. The summed E-state index contributed by atoms with van der Waals surface area (Å²) in [5, 5.41) is 9.00. The first-order valence-electron chi connectivity index (χ1n) is 8.92. The van der Waals surface area contributed by atoms with E-state index in [0.717, 1.165) is 31.8 Å². The summed E-state index contributed by atoms with van der Waals surface area (Å²) in [7, 11) is 4.23. The standard InChI is InChI=1S/C21H26N2O3/c1-22(14-16-8-10-18(11-9-16)21(24)25)15-19-20(23(2)12-13-26-19)17-6-4-3-5-7-17/h3-11,19-20H,12-15H2,1-2H3,(H,24,25)/t19-,20-/m0/s1. The van der Waals surface area contributed by atoms with Crippen LogP contribution in [0.25, 0.3) is 0 Å². The molecular formula is C21H26N2O3. The summed E-state index contributed by atoms with van der Waals surface area (Å²) >= 11 is 0. The molecule has 0 aliphatic carbocycles. The number of carboxylic acid groups (broad SMARTS) is 1. The normalized spacial score (nSPS) is 21.0. The lowest BCUT2D eigenvalue weighted by Crippen LogP contribution is -2.47. The van der Waals surface area contributed by atoms with E-state index < -0.39 is 5.97 Å². The van der Waals surface area contributed by atoms with Crippen molar-refractivity contribution in [3.63, 3.8) is 0 Å². The zero-order valence-electron chi connectivity index (χ0n) is 15.3. The Hall–Kier alpha value is -2.21. The Balaban J connectivity index is 1.66. The summed E-state index contributed by atoms with van der Waals surface area (Å²) in [6.07, 6.45) is 0.0967. The Labute approximate surface area is 154 Å². The lowest BCUT2D eigenvalue weighted by molar-refractivity contribution is -0.0742. The van der Waals surface area contributed by atoms with Gasteiger partial charge < -0.3 is 9.84 Å². The van der Waals surface area contributed by atoms with Gasteiger partial charge in [0.15, 0.2) is 0 Å². The molecule has 0 aromatic heterocycles. The molecule has 0 unspecified atom stereocenters. The molecule has 1 aliphatic rings. The molecule has 0 amide bonds. The first kappa shape index (κ1) is 18.6. The summed E-state index contributed by atoms with van der Waals surface area (Å²) in [6.45, 7) is 3.23. The lowest BCUT2D eigenvalue weighted by Gasteiger charge is -2.41. The SMILES string of the molecule is CN(Cc1ccc(C(=O)O)cc1)C[C@@H]1OCCN(C)[C@H]1c1ccccc1. The van der Waals surface area contributed by atoms with Gasteiger partial charge in [0.25, 0.3) is 0 Å². The number of nitrogens with zero attached hydrogens (tertiary/aromatic N) is 2. The largest absolute Gasteiger partial charge is 0.478 e. The maximum Gasteiger partial charge on any atom is 0.335 e. The molecule has 3 rings (SSSR count). The second-order valence-electron chi connectivity index (χ2n) is 6.94. The van der Waals surface area contributed by atoms with E-state index in [-0.39, 0.29) is 12.1 Å². The second kappa shape index (κ2) is 8.45. The highest BCUT2D eigenvalue weighted by atomic mass is 16.5. The van der Waals surface area contributed by atoms with E-state index in [1.807, 2.05) is 18.2 Å². The van der Waals surface area contributed by atoms with Crippen molar-refractivity contribution in [2.75, 3.05) is 33.8 Å². The van der Waals surface area contributed by atoms with Crippen molar-refractivity contribution in [1.29, 1.82) is 0 Å². The van der Waals surface area contributed by atoms with Crippen molar-refractivity contribution in [3.05, 3.63) is 71.3 Å². The summed E-state index contributed by atoms with van der Waals surface area (Å²) in [5.74, 6) is -0.894. The monoisotopic (exact) mass is 354 g/mol. The fourth-order valence-electron chi connectivity index (χ4n) is 3.57. The molecule has 1 heterocycles. The van der Waals surface area contributed by atoms with E-state index in [4.69, 9.17) is 9.84 Å². The Kier molecular flexibility index (Phi) is 6.04. The van der Waals surface area contributed by atoms with Crippen LogP contribution in [0.4, 0.5) is 0 Å². The van der Waals surface area contributed by atoms with Gasteiger partial charge in [0.05, 0.1) is 24.3 Å². The molecule has 2 atom stereocenters. The number of carboxylic acids is 1. The van der Waals surface area contributed by atoms with Crippen LogP contribution in [-0.2, 0) is 11.3 Å². The minimum absolute atomic E-state index is 0.0967. The summed E-state index contributed by atoms with van der Waals surface area (Å²) < 4.78 is 6.11. The van der Waals surface area contributed by atoms with Crippen LogP contribution < -0.4 is 0 Å². The van der Waals surface area contributed by atoms with Gasteiger partial charge in [0.2, 0.25) is 0 Å². The zero-order chi connectivity index (χ0) is 18.5. The van der Waals surface area contributed by atoms with Crippen molar-refractivity contribution in [1.82, 2.24) is 9.80 Å². The van der Waals surface area contributed by atoms with Gasteiger partial charge >= 0.3 is 5.97 Å². The number of likely N-dealkylation sites (N-methyl/N-ethyl adjacent to an activating group) is 2. The van der Waals surface area contributed by atoms with Gasteiger partial charge in [-0.05, 0) is 37.4 Å². The van der Waals surface area contributed by atoms with Crippen LogP contribution in [-0.4, -0.2) is 60.8 Å². The van der Waals surface area contributed by atoms with Gasteiger partial charge in [-0.3, -0.25) is 9.80 Å². The third kappa shape index (κ3) is 4.49. The number of aromatic carboxylic acids is 1. The van der Waals surface area contributed by atoms with Gasteiger partial charge in [0, 0.05) is 19.6 Å². The van der Waals surface area contributed by atoms with E-state index in [2.05, 4.69) is 48.2 Å². The fourth-order valence-corrected chi connectivity index (χ4v) is 3.57. The summed E-state index contributed by atoms with van der Waals surface area (Å²) in [6, 6.07) is 17.8. The van der Waals surface area contributed by atoms with Crippen LogP contribution in [0.2, 0.25) is 0 Å². The maximum atomic E-state index is 11.0. The molecular weight excluding hydrogens is 328 g/mol. The number of ether oxygens (including phenoxy) is 1. The Bertz CT molecular complexity index is 718. The third-order valence-electron chi connectivity index (χ3n) is 4.89. The van der Waals surface area contributed by atoms with E-state index in [1.54, 1.807) is 12.1 Å². The van der Waals surface area contributed by atoms with Gasteiger partial charge in [-0.2, -0.15) is 0 Å². The maximum absolute atomic E-state index is 11.0. The molecule has 1 saturated heterocycles. The number of benzene rings is 2. The van der Waals surface area contributed by atoms with Crippen molar-refractivity contribution >= 4 is 5.97 Å². The molecule has 0 radical (unpaired) electrons. The number of hydrogen-bond acceptors (Lipinski definition) is 4. The molecule has 5 nitrogen and oxygen atoms in total. The predicted octanol–water partition coefficient (Wildman–Crippen LogP) is 2.89. The zero-order valence-corrected chi connectivity index (χ0v) is 15.3. The topological polar surface area (TPSA) is 53.0 Å². The highest BCUT2D eigenvalue weighted by Gasteiger charge is 2.32. The summed E-state index contributed by atoms with van der Waals surface area (Å²) in [4.78, 5) is 15.6. The second-order valence-corrected chi connectivity index (χ2v) is 6.94. The quantitative estimate of drug-likeness (QED) is 0.864. The highest BCUT2D eigenvalue weighted by Crippen LogP contribution is 2.28. The van der Waals surface area contributed by atoms with E-state index >= 15 is 0 Å². The van der Waals surface area contributed by atoms with E-state index in [0.29, 0.717) is 5.56 Å². The number of carbonyl (C=O) groups is 1. The van der Waals surface area contributed by atoms with Crippen molar-refractivity contribution < 1.29 is 14.6 Å². The van der Waals surface area contributed by atoms with E-state index in [9.17, 15) is 4.79 Å². The van der Waals surface area contributed by atoms with Crippen molar-refractivity contribution in [3.8, 4) is 0 Å². The Morgan fingerprint density at radius 3 is 2.54 bits per heavy atom. The van der Waals surface area contributed by atoms with Gasteiger partial charge in [0.1, 0.15) is 0 Å².